The lowest BCUT2D eigenvalue weighted by Gasteiger charge is -2.23. The van der Waals surface area contributed by atoms with Crippen molar-refractivity contribution in [1.82, 2.24) is 0 Å². The van der Waals surface area contributed by atoms with Gasteiger partial charge in [-0.15, -0.1) is 0 Å². The molecule has 1 unspecified atom stereocenters. The van der Waals surface area contributed by atoms with Gasteiger partial charge in [-0.05, 0) is 42.5 Å². The largest absolute Gasteiger partial charge is 0.489 e. The fourth-order valence-corrected chi connectivity index (χ4v) is 2.17. The molecule has 86 valence electrons. The highest BCUT2D eigenvalue weighted by Crippen LogP contribution is 2.35. The average Bonchev–Trinajstić information content (AvgIpc) is 2.31. The molecule has 0 amide bonds. The summed E-state index contributed by atoms with van der Waals surface area (Å²) in [4.78, 5) is 0. The van der Waals surface area contributed by atoms with Gasteiger partial charge in [-0.25, -0.2) is 0 Å². The molecule has 0 saturated heterocycles. The predicted octanol–water partition coefficient (Wildman–Crippen LogP) is 3.19. The third-order valence-electron chi connectivity index (χ3n) is 2.86. The molecule has 2 nitrogen and oxygen atoms in total. The Hall–Kier alpha value is -0.990. The van der Waals surface area contributed by atoms with Gasteiger partial charge >= 0.3 is 0 Å². The first-order valence-electron chi connectivity index (χ1n) is 5.51. The zero-order valence-corrected chi connectivity index (χ0v) is 9.78. The van der Waals surface area contributed by atoms with Gasteiger partial charge in [0.2, 0.25) is 0 Å². The number of hydrogen-bond acceptors (Lipinski definition) is 2. The molecule has 16 heavy (non-hydrogen) atoms. The molecule has 1 atom stereocenters. The van der Waals surface area contributed by atoms with Gasteiger partial charge in [-0.1, -0.05) is 23.7 Å². The molecule has 1 aliphatic rings. The van der Waals surface area contributed by atoms with Gasteiger partial charge in [0.25, 0.3) is 0 Å². The van der Waals surface area contributed by atoms with E-state index in [-0.39, 0.29) is 6.10 Å². The highest BCUT2D eigenvalue weighted by atomic mass is 35.5. The Balaban J connectivity index is 2.22. The summed E-state index contributed by atoms with van der Waals surface area (Å²) in [7, 11) is 0. The van der Waals surface area contributed by atoms with Crippen molar-refractivity contribution >= 4 is 11.6 Å². The molecule has 1 aromatic rings. The van der Waals surface area contributed by atoms with E-state index in [1.54, 1.807) is 6.08 Å². The van der Waals surface area contributed by atoms with Gasteiger partial charge in [-0.2, -0.15) is 0 Å². The van der Waals surface area contributed by atoms with Gasteiger partial charge in [0, 0.05) is 5.54 Å². The van der Waals surface area contributed by atoms with Gasteiger partial charge < -0.3 is 9.84 Å². The summed E-state index contributed by atoms with van der Waals surface area (Å²) < 4.78 is 5.61. The van der Waals surface area contributed by atoms with E-state index in [9.17, 15) is 5.11 Å². The van der Waals surface area contributed by atoms with E-state index in [1.807, 2.05) is 18.2 Å². The van der Waals surface area contributed by atoms with Crippen molar-refractivity contribution in [3.05, 3.63) is 40.9 Å². The smallest absolute Gasteiger partial charge is 0.123 e. The molecule has 0 aliphatic heterocycles. The maximum Gasteiger partial charge on any atom is 0.123 e. The van der Waals surface area contributed by atoms with E-state index < -0.39 is 0 Å². The minimum absolute atomic E-state index is 0.337. The van der Waals surface area contributed by atoms with Gasteiger partial charge in [0.1, 0.15) is 12.4 Å². The van der Waals surface area contributed by atoms with E-state index >= 15 is 0 Å². The van der Waals surface area contributed by atoms with Crippen molar-refractivity contribution in [2.24, 2.45) is 0 Å². The summed E-state index contributed by atoms with van der Waals surface area (Å²) in [6.45, 7) is 0.468. The van der Waals surface area contributed by atoms with Gasteiger partial charge in [0.15, 0.2) is 0 Å². The summed E-state index contributed by atoms with van der Waals surface area (Å²) in [6.07, 6.45) is 4.25. The fraction of sp³-hybridized carbons (Fsp3) is 0.385. The molecule has 0 spiro atoms. The van der Waals surface area contributed by atoms with Crippen LogP contribution in [0.5, 0.6) is 5.75 Å². The predicted molar refractivity (Wildman–Crippen MR) is 64.8 cm³/mol. The van der Waals surface area contributed by atoms with Crippen LogP contribution in [0.25, 0.3) is 0 Å². The maximum atomic E-state index is 9.87. The highest BCUT2D eigenvalue weighted by Gasteiger charge is 2.20. The molecule has 0 fully saturated rings. The normalized spacial score (nSPS) is 19.8. The molecule has 1 aromatic carbocycles. The molecule has 1 N–H and O–H groups in total. The molecule has 2 rings (SSSR count). The van der Waals surface area contributed by atoms with Crippen LogP contribution in [-0.4, -0.2) is 11.7 Å². The first-order valence-corrected chi connectivity index (χ1v) is 5.94. The lowest BCUT2D eigenvalue weighted by Crippen LogP contribution is -2.11. The molecule has 0 bridgehead atoms. The van der Waals surface area contributed by atoms with Crippen molar-refractivity contribution in [3.63, 3.8) is 0 Å². The number of rotatable bonds is 3. The third kappa shape index (κ3) is 2.39. The standard InChI is InChI=1S/C13H15ClO2/c14-8-3-9-16-13-7-2-4-10-11(13)5-1-6-12(10)15/h2-4,7-8,12,15H,1,5-6,9H2. The first-order chi connectivity index (χ1) is 7.83. The molecule has 0 heterocycles. The summed E-state index contributed by atoms with van der Waals surface area (Å²) in [5, 5.41) is 9.87. The third-order valence-corrected chi connectivity index (χ3v) is 3.03. The highest BCUT2D eigenvalue weighted by molar-refractivity contribution is 6.25. The van der Waals surface area contributed by atoms with Crippen LogP contribution in [-0.2, 0) is 6.42 Å². The van der Waals surface area contributed by atoms with E-state index in [4.69, 9.17) is 16.3 Å². The molecule has 1 aliphatic carbocycles. The second kappa shape index (κ2) is 5.37. The summed E-state index contributed by atoms with van der Waals surface area (Å²) >= 11 is 5.43. The minimum atomic E-state index is -0.337. The Labute approximate surface area is 101 Å². The lowest BCUT2D eigenvalue weighted by molar-refractivity contribution is 0.155. The Morgan fingerprint density at radius 3 is 3.19 bits per heavy atom. The van der Waals surface area contributed by atoms with Crippen LogP contribution in [0.4, 0.5) is 0 Å². The van der Waals surface area contributed by atoms with Crippen LogP contribution in [0.1, 0.15) is 30.1 Å². The monoisotopic (exact) mass is 238 g/mol. The number of fused-ring (bicyclic) bond motifs is 1. The molecule has 0 aromatic heterocycles. The summed E-state index contributed by atoms with van der Waals surface area (Å²) in [6, 6.07) is 5.84. The number of halogens is 1. The first kappa shape index (κ1) is 11.5. The fourth-order valence-electron chi connectivity index (χ4n) is 2.10. The summed E-state index contributed by atoms with van der Waals surface area (Å²) in [5.74, 6) is 0.867. The molecule has 0 saturated carbocycles. The Morgan fingerprint density at radius 1 is 1.50 bits per heavy atom. The van der Waals surface area contributed by atoms with Crippen LogP contribution < -0.4 is 4.74 Å². The number of aliphatic hydroxyl groups is 1. The number of ether oxygens (including phenoxy) is 1. The van der Waals surface area contributed by atoms with Crippen molar-refractivity contribution in [1.29, 1.82) is 0 Å². The van der Waals surface area contributed by atoms with Crippen LogP contribution in [0.3, 0.4) is 0 Å². The number of benzene rings is 1. The lowest BCUT2D eigenvalue weighted by atomic mass is 9.89. The average molecular weight is 239 g/mol. The van der Waals surface area contributed by atoms with Crippen LogP contribution in [0.2, 0.25) is 0 Å². The topological polar surface area (TPSA) is 29.5 Å². The molecular formula is C13H15ClO2. The number of hydrogen-bond donors (Lipinski definition) is 1. The SMILES string of the molecule is OC1CCCc2c(OCC=CCl)cccc21. The van der Waals surface area contributed by atoms with Crippen LogP contribution >= 0.6 is 11.6 Å². The van der Waals surface area contributed by atoms with Crippen molar-refractivity contribution < 1.29 is 9.84 Å². The Bertz CT molecular complexity index is 388. The van der Waals surface area contributed by atoms with Crippen LogP contribution in [0, 0.1) is 0 Å². The number of aliphatic hydroxyl groups excluding tert-OH is 1. The van der Waals surface area contributed by atoms with E-state index in [0.717, 1.165) is 36.1 Å². The quantitative estimate of drug-likeness (QED) is 0.877. The minimum Gasteiger partial charge on any atom is -0.489 e. The molecular weight excluding hydrogens is 224 g/mol. The maximum absolute atomic E-state index is 9.87. The molecule has 0 radical (unpaired) electrons. The van der Waals surface area contributed by atoms with Gasteiger partial charge in [0.05, 0.1) is 6.10 Å². The second-order valence-electron chi connectivity index (χ2n) is 3.90. The van der Waals surface area contributed by atoms with Crippen molar-refractivity contribution in [3.8, 4) is 5.75 Å². The summed E-state index contributed by atoms with van der Waals surface area (Å²) in [5.41, 5.74) is 3.60. The van der Waals surface area contributed by atoms with Gasteiger partial charge in [-0.3, -0.25) is 0 Å². The molecule has 3 heteroatoms. The van der Waals surface area contributed by atoms with E-state index in [1.165, 1.54) is 5.54 Å². The van der Waals surface area contributed by atoms with E-state index in [2.05, 4.69) is 0 Å². The zero-order valence-electron chi connectivity index (χ0n) is 9.03. The van der Waals surface area contributed by atoms with Crippen LogP contribution in [0.15, 0.2) is 29.8 Å². The Kier molecular flexibility index (Phi) is 3.86. The van der Waals surface area contributed by atoms with Crippen molar-refractivity contribution in [2.75, 3.05) is 6.61 Å². The Morgan fingerprint density at radius 2 is 2.38 bits per heavy atom. The second-order valence-corrected chi connectivity index (χ2v) is 4.16. The van der Waals surface area contributed by atoms with Crippen molar-refractivity contribution in [2.45, 2.75) is 25.4 Å². The van der Waals surface area contributed by atoms with E-state index in [0.29, 0.717) is 6.61 Å². The zero-order chi connectivity index (χ0) is 11.4.